The molecular weight excluding hydrogens is 276 g/mol. The van der Waals surface area contributed by atoms with Gasteiger partial charge in [-0.15, -0.1) is 0 Å². The summed E-state index contributed by atoms with van der Waals surface area (Å²) >= 11 is 6.09. The molecule has 1 heterocycles. The Hall–Kier alpha value is -1.81. The van der Waals surface area contributed by atoms with Crippen LogP contribution in [0.3, 0.4) is 0 Å². The summed E-state index contributed by atoms with van der Waals surface area (Å²) < 4.78 is 1.31. The highest BCUT2D eigenvalue weighted by Gasteiger charge is 2.25. The van der Waals surface area contributed by atoms with Crippen molar-refractivity contribution in [3.05, 3.63) is 55.8 Å². The molecule has 1 aliphatic rings. The van der Waals surface area contributed by atoms with Crippen molar-refractivity contribution >= 4 is 11.6 Å². The van der Waals surface area contributed by atoms with Crippen LogP contribution in [-0.2, 0) is 0 Å². The average Bonchev–Trinajstić information content (AvgIpc) is 2.32. The maximum atomic E-state index is 12.6. The monoisotopic (exact) mass is 290 g/mol. The average molecular weight is 291 g/mol. The predicted octanol–water partition coefficient (Wildman–Crippen LogP) is 2.89. The summed E-state index contributed by atoms with van der Waals surface area (Å²) in [5, 5.41) is 0.112. The Morgan fingerprint density at radius 1 is 1.30 bits per heavy atom. The molecule has 0 spiro atoms. The molecule has 2 aromatic rings. The number of H-pyrrole nitrogens is 1. The molecule has 0 aliphatic heterocycles. The lowest BCUT2D eigenvalue weighted by Gasteiger charge is -2.27. The smallest absolute Gasteiger partial charge is 0.297 e. The normalized spacial score (nSPS) is 15.1. The molecule has 1 fully saturated rings. The number of hydrogen-bond donors (Lipinski definition) is 1. The van der Waals surface area contributed by atoms with E-state index < -0.39 is 5.69 Å². The molecule has 0 unspecified atom stereocenters. The van der Waals surface area contributed by atoms with Crippen molar-refractivity contribution < 1.29 is 0 Å². The van der Waals surface area contributed by atoms with Crippen molar-refractivity contribution in [1.29, 1.82) is 0 Å². The van der Waals surface area contributed by atoms with Gasteiger partial charge < -0.3 is 0 Å². The van der Waals surface area contributed by atoms with Crippen LogP contribution in [0.1, 0.15) is 30.9 Å². The SMILES string of the molecule is Cc1cccc(-c2c(Cl)[nH]c(=O)n(C3CCC3)c2=O)c1. The van der Waals surface area contributed by atoms with Crippen LogP contribution in [-0.4, -0.2) is 9.55 Å². The van der Waals surface area contributed by atoms with E-state index in [2.05, 4.69) is 4.98 Å². The van der Waals surface area contributed by atoms with Gasteiger partial charge in [0, 0.05) is 6.04 Å². The molecule has 0 amide bonds. The molecule has 0 radical (unpaired) electrons. The second kappa shape index (κ2) is 4.94. The van der Waals surface area contributed by atoms with E-state index in [1.807, 2.05) is 31.2 Å². The van der Waals surface area contributed by atoms with E-state index in [0.29, 0.717) is 5.56 Å². The zero-order valence-electron chi connectivity index (χ0n) is 11.1. The van der Waals surface area contributed by atoms with Crippen molar-refractivity contribution in [1.82, 2.24) is 9.55 Å². The van der Waals surface area contributed by atoms with Gasteiger partial charge in [-0.2, -0.15) is 0 Å². The fourth-order valence-corrected chi connectivity index (χ4v) is 2.82. The first-order valence-corrected chi connectivity index (χ1v) is 7.07. The Balaban J connectivity index is 2.25. The maximum absolute atomic E-state index is 12.6. The van der Waals surface area contributed by atoms with E-state index in [1.54, 1.807) is 0 Å². The summed E-state index contributed by atoms with van der Waals surface area (Å²) in [6.45, 7) is 1.95. The van der Waals surface area contributed by atoms with E-state index in [1.165, 1.54) is 4.57 Å². The third kappa shape index (κ3) is 2.10. The number of rotatable bonds is 2. The number of benzene rings is 1. The predicted molar refractivity (Wildman–Crippen MR) is 79.4 cm³/mol. The summed E-state index contributed by atoms with van der Waals surface area (Å²) in [6.07, 6.45) is 2.80. The number of nitrogens with zero attached hydrogens (tertiary/aromatic N) is 1. The zero-order chi connectivity index (χ0) is 14.3. The van der Waals surface area contributed by atoms with E-state index in [4.69, 9.17) is 11.6 Å². The quantitative estimate of drug-likeness (QED) is 0.865. The Bertz CT molecular complexity index is 772. The molecule has 1 aromatic carbocycles. The van der Waals surface area contributed by atoms with E-state index in [-0.39, 0.29) is 16.8 Å². The molecule has 1 N–H and O–H groups in total. The number of nitrogens with one attached hydrogen (secondary N) is 1. The summed E-state index contributed by atoms with van der Waals surface area (Å²) in [7, 11) is 0. The van der Waals surface area contributed by atoms with Crippen molar-refractivity contribution in [2.75, 3.05) is 0 Å². The second-order valence-corrected chi connectivity index (χ2v) is 5.63. The van der Waals surface area contributed by atoms with Crippen LogP contribution < -0.4 is 11.2 Å². The Kier molecular flexibility index (Phi) is 3.26. The van der Waals surface area contributed by atoms with Crippen molar-refractivity contribution in [3.8, 4) is 11.1 Å². The van der Waals surface area contributed by atoms with Crippen molar-refractivity contribution in [2.24, 2.45) is 0 Å². The Labute approximate surface area is 121 Å². The maximum Gasteiger partial charge on any atom is 0.329 e. The van der Waals surface area contributed by atoms with Crippen LogP contribution >= 0.6 is 11.6 Å². The van der Waals surface area contributed by atoms with Crippen LogP contribution in [0.15, 0.2) is 33.9 Å². The fourth-order valence-electron chi connectivity index (χ4n) is 2.55. The molecular formula is C15H15ClN2O2. The van der Waals surface area contributed by atoms with Gasteiger partial charge in [-0.1, -0.05) is 41.4 Å². The van der Waals surface area contributed by atoms with Gasteiger partial charge in [-0.25, -0.2) is 4.79 Å². The third-order valence-electron chi connectivity index (χ3n) is 3.83. The van der Waals surface area contributed by atoms with Gasteiger partial charge in [-0.3, -0.25) is 14.3 Å². The highest BCUT2D eigenvalue weighted by Crippen LogP contribution is 2.30. The molecule has 4 nitrogen and oxygen atoms in total. The summed E-state index contributed by atoms with van der Waals surface area (Å²) in [4.78, 5) is 27.2. The summed E-state index contributed by atoms with van der Waals surface area (Å²) in [5.74, 6) is 0. The van der Waals surface area contributed by atoms with Crippen LogP contribution in [0.2, 0.25) is 5.15 Å². The number of aromatic nitrogens is 2. The zero-order valence-corrected chi connectivity index (χ0v) is 11.9. The molecule has 0 saturated heterocycles. The standard InChI is InChI=1S/C15H15ClN2O2/c1-9-4-2-5-10(8-9)12-13(16)17-15(20)18(14(12)19)11-6-3-7-11/h2,4-5,8,11H,3,6-7H2,1H3,(H,17,20). The first kappa shape index (κ1) is 13.2. The lowest BCUT2D eigenvalue weighted by Crippen LogP contribution is -2.41. The highest BCUT2D eigenvalue weighted by atomic mass is 35.5. The molecule has 3 rings (SSSR count). The number of aromatic amines is 1. The Morgan fingerprint density at radius 3 is 2.65 bits per heavy atom. The van der Waals surface area contributed by atoms with Crippen molar-refractivity contribution in [3.63, 3.8) is 0 Å². The van der Waals surface area contributed by atoms with E-state index in [9.17, 15) is 9.59 Å². The van der Waals surface area contributed by atoms with Gasteiger partial charge in [0.1, 0.15) is 5.15 Å². The lowest BCUT2D eigenvalue weighted by molar-refractivity contribution is 0.297. The van der Waals surface area contributed by atoms with Gasteiger partial charge in [0.2, 0.25) is 0 Å². The van der Waals surface area contributed by atoms with E-state index in [0.717, 1.165) is 30.4 Å². The minimum Gasteiger partial charge on any atom is -0.297 e. The van der Waals surface area contributed by atoms with Crippen LogP contribution in [0.4, 0.5) is 0 Å². The molecule has 1 aromatic heterocycles. The summed E-state index contributed by atoms with van der Waals surface area (Å²) in [5.41, 5.74) is 1.45. The van der Waals surface area contributed by atoms with Gasteiger partial charge in [0.05, 0.1) is 5.56 Å². The highest BCUT2D eigenvalue weighted by molar-refractivity contribution is 6.32. The lowest BCUT2D eigenvalue weighted by atomic mass is 9.92. The molecule has 1 saturated carbocycles. The van der Waals surface area contributed by atoms with Crippen LogP contribution in [0, 0.1) is 6.92 Å². The molecule has 1 aliphatic carbocycles. The topological polar surface area (TPSA) is 54.9 Å². The van der Waals surface area contributed by atoms with Gasteiger partial charge >= 0.3 is 5.69 Å². The second-order valence-electron chi connectivity index (χ2n) is 5.25. The number of aryl methyl sites for hydroxylation is 1. The minimum atomic E-state index is -0.416. The van der Waals surface area contributed by atoms with E-state index >= 15 is 0 Å². The third-order valence-corrected chi connectivity index (χ3v) is 4.12. The first-order valence-electron chi connectivity index (χ1n) is 6.69. The molecule has 0 bridgehead atoms. The Morgan fingerprint density at radius 2 is 2.05 bits per heavy atom. The van der Waals surface area contributed by atoms with Crippen molar-refractivity contribution in [2.45, 2.75) is 32.2 Å². The fraction of sp³-hybridized carbons (Fsp3) is 0.333. The molecule has 20 heavy (non-hydrogen) atoms. The number of halogens is 1. The molecule has 0 atom stereocenters. The van der Waals surface area contributed by atoms with Gasteiger partial charge in [0.15, 0.2) is 0 Å². The summed E-state index contributed by atoms with van der Waals surface area (Å²) in [6, 6.07) is 7.56. The largest absolute Gasteiger partial charge is 0.329 e. The molecule has 5 heteroatoms. The van der Waals surface area contributed by atoms with Crippen LogP contribution in [0.25, 0.3) is 11.1 Å². The minimum absolute atomic E-state index is 0.00655. The molecule has 104 valence electrons. The van der Waals surface area contributed by atoms with Crippen LogP contribution in [0.5, 0.6) is 0 Å². The van der Waals surface area contributed by atoms with Gasteiger partial charge in [-0.05, 0) is 31.7 Å². The number of hydrogen-bond acceptors (Lipinski definition) is 2. The first-order chi connectivity index (χ1) is 9.58. The van der Waals surface area contributed by atoms with Gasteiger partial charge in [0.25, 0.3) is 5.56 Å².